The number of fused-ring (bicyclic) bond motifs is 7. The van der Waals surface area contributed by atoms with Crippen molar-refractivity contribution in [2.75, 3.05) is 0 Å². The van der Waals surface area contributed by atoms with Gasteiger partial charge >= 0.3 is 0 Å². The molecule has 252 valence electrons. The van der Waals surface area contributed by atoms with E-state index in [2.05, 4.69) is 121 Å². The molecular formula is C49H29N3O2. The number of rotatable bonds is 5. The summed E-state index contributed by atoms with van der Waals surface area (Å²) in [7, 11) is 0. The van der Waals surface area contributed by atoms with Crippen LogP contribution in [0.3, 0.4) is 0 Å². The second-order valence-electron chi connectivity index (χ2n) is 13.6. The molecule has 11 rings (SSSR count). The van der Waals surface area contributed by atoms with Crippen LogP contribution in [0.15, 0.2) is 185 Å². The zero-order valence-electron chi connectivity index (χ0n) is 28.9. The Morgan fingerprint density at radius 2 is 0.833 bits per heavy atom. The molecule has 0 spiro atoms. The summed E-state index contributed by atoms with van der Waals surface area (Å²) in [6.45, 7) is 0. The van der Waals surface area contributed by atoms with E-state index in [1.54, 1.807) is 0 Å². The number of hydrogen-bond acceptors (Lipinski definition) is 5. The molecule has 0 saturated heterocycles. The van der Waals surface area contributed by atoms with Crippen molar-refractivity contribution in [3.8, 4) is 56.4 Å². The summed E-state index contributed by atoms with van der Waals surface area (Å²) in [6.07, 6.45) is 0. The zero-order valence-corrected chi connectivity index (χ0v) is 28.9. The molecule has 0 N–H and O–H groups in total. The summed E-state index contributed by atoms with van der Waals surface area (Å²) in [4.78, 5) is 15.7. The van der Waals surface area contributed by atoms with E-state index < -0.39 is 0 Å². The summed E-state index contributed by atoms with van der Waals surface area (Å²) < 4.78 is 12.9. The molecule has 0 saturated carbocycles. The first-order chi connectivity index (χ1) is 26.7. The van der Waals surface area contributed by atoms with E-state index in [0.717, 1.165) is 88.0 Å². The Morgan fingerprint density at radius 1 is 0.296 bits per heavy atom. The maximum atomic E-state index is 6.58. The summed E-state index contributed by atoms with van der Waals surface area (Å²) >= 11 is 0. The summed E-state index contributed by atoms with van der Waals surface area (Å²) in [6, 6.07) is 60.4. The molecule has 0 aliphatic carbocycles. The fraction of sp³-hybridized carbons (Fsp3) is 0. The Bertz CT molecular complexity index is 3230. The quantitative estimate of drug-likeness (QED) is 0.180. The van der Waals surface area contributed by atoms with Crippen molar-refractivity contribution in [3.63, 3.8) is 0 Å². The average molecular weight is 692 g/mol. The molecule has 0 amide bonds. The number of benzene rings is 8. The molecule has 0 aliphatic rings. The van der Waals surface area contributed by atoms with Crippen LogP contribution in [0.25, 0.3) is 111 Å². The van der Waals surface area contributed by atoms with Gasteiger partial charge in [0.1, 0.15) is 22.3 Å². The maximum absolute atomic E-state index is 6.58. The van der Waals surface area contributed by atoms with Crippen LogP contribution in [0.2, 0.25) is 0 Å². The predicted octanol–water partition coefficient (Wildman–Crippen LogP) is 13.2. The Labute approximate surface area is 309 Å². The van der Waals surface area contributed by atoms with E-state index in [0.29, 0.717) is 17.5 Å². The zero-order chi connectivity index (χ0) is 35.6. The molecule has 0 unspecified atom stereocenters. The van der Waals surface area contributed by atoms with Crippen molar-refractivity contribution in [3.05, 3.63) is 176 Å². The van der Waals surface area contributed by atoms with Crippen molar-refractivity contribution < 1.29 is 8.83 Å². The Morgan fingerprint density at radius 3 is 1.63 bits per heavy atom. The molecule has 8 aromatic carbocycles. The van der Waals surface area contributed by atoms with Crippen molar-refractivity contribution in [2.45, 2.75) is 0 Å². The Kier molecular flexibility index (Phi) is 6.79. The van der Waals surface area contributed by atoms with E-state index in [9.17, 15) is 0 Å². The van der Waals surface area contributed by atoms with Gasteiger partial charge < -0.3 is 8.83 Å². The first kappa shape index (κ1) is 30.3. The van der Waals surface area contributed by atoms with Crippen LogP contribution in [-0.4, -0.2) is 15.0 Å². The van der Waals surface area contributed by atoms with Crippen molar-refractivity contribution in [1.82, 2.24) is 15.0 Å². The van der Waals surface area contributed by atoms with Crippen molar-refractivity contribution >= 4 is 54.6 Å². The maximum Gasteiger partial charge on any atom is 0.164 e. The van der Waals surface area contributed by atoms with Crippen LogP contribution >= 0.6 is 0 Å². The second kappa shape index (κ2) is 12.1. The highest BCUT2D eigenvalue weighted by Gasteiger charge is 2.22. The van der Waals surface area contributed by atoms with Gasteiger partial charge in [-0.1, -0.05) is 140 Å². The molecule has 54 heavy (non-hydrogen) atoms. The van der Waals surface area contributed by atoms with Gasteiger partial charge in [-0.05, 0) is 69.4 Å². The fourth-order valence-corrected chi connectivity index (χ4v) is 7.83. The largest absolute Gasteiger partial charge is 0.456 e. The first-order valence-electron chi connectivity index (χ1n) is 18.0. The smallest absolute Gasteiger partial charge is 0.164 e. The SMILES string of the molecule is c1ccc(-c2cccc(-c3cccc4oc5cccc(-c6nc(-c7ccc8ccccc8c7)nc(-c7cccc8oc9ccccc9c78)n6)c5c34)c2)cc1. The third kappa shape index (κ3) is 4.90. The highest BCUT2D eigenvalue weighted by atomic mass is 16.3. The van der Waals surface area contributed by atoms with Crippen LogP contribution in [0.5, 0.6) is 0 Å². The molecular weight excluding hydrogens is 663 g/mol. The van der Waals surface area contributed by atoms with E-state index in [1.807, 2.05) is 54.6 Å². The van der Waals surface area contributed by atoms with Gasteiger partial charge in [0.25, 0.3) is 0 Å². The minimum atomic E-state index is 0.564. The molecule has 11 aromatic rings. The van der Waals surface area contributed by atoms with E-state index in [1.165, 1.54) is 5.56 Å². The van der Waals surface area contributed by atoms with Crippen LogP contribution in [0, 0.1) is 0 Å². The normalized spacial score (nSPS) is 11.7. The molecule has 5 nitrogen and oxygen atoms in total. The number of aromatic nitrogens is 3. The molecule has 3 heterocycles. The van der Waals surface area contributed by atoms with Crippen LogP contribution in [-0.2, 0) is 0 Å². The fourth-order valence-electron chi connectivity index (χ4n) is 7.83. The minimum absolute atomic E-state index is 0.564. The summed E-state index contributed by atoms with van der Waals surface area (Å²) in [5.41, 5.74) is 10.3. The average Bonchev–Trinajstić information content (AvgIpc) is 3.82. The van der Waals surface area contributed by atoms with Gasteiger partial charge in [0, 0.05) is 38.2 Å². The Hall–Kier alpha value is -7.37. The second-order valence-corrected chi connectivity index (χ2v) is 13.6. The molecule has 0 fully saturated rings. The van der Waals surface area contributed by atoms with Gasteiger partial charge in [-0.15, -0.1) is 0 Å². The summed E-state index contributed by atoms with van der Waals surface area (Å²) in [5, 5.41) is 6.24. The lowest BCUT2D eigenvalue weighted by atomic mass is 9.94. The summed E-state index contributed by atoms with van der Waals surface area (Å²) in [5.74, 6) is 1.72. The molecule has 0 atom stereocenters. The van der Waals surface area contributed by atoms with E-state index in [-0.39, 0.29) is 0 Å². The van der Waals surface area contributed by atoms with Gasteiger partial charge in [-0.3, -0.25) is 0 Å². The molecule has 5 heteroatoms. The standard InChI is InChI=1S/C49H29N3O2/c1-2-12-30(13-3-1)33-16-8-17-34(28-33)36-19-9-24-42-45(36)46-39(21-11-25-43(46)54-42)49-51-47(35-27-26-31-14-4-5-15-32(31)29-35)50-48(52-49)38-20-10-23-41-44(38)37-18-6-7-22-40(37)53-41/h1-29H. The van der Waals surface area contributed by atoms with Crippen molar-refractivity contribution in [2.24, 2.45) is 0 Å². The Balaban J connectivity index is 1.18. The lowest BCUT2D eigenvalue weighted by Crippen LogP contribution is -2.01. The predicted molar refractivity (Wildman–Crippen MR) is 219 cm³/mol. The van der Waals surface area contributed by atoms with E-state index in [4.69, 9.17) is 23.8 Å². The topological polar surface area (TPSA) is 65.0 Å². The highest BCUT2D eigenvalue weighted by molar-refractivity contribution is 6.18. The van der Waals surface area contributed by atoms with Crippen LogP contribution < -0.4 is 0 Å². The lowest BCUT2D eigenvalue weighted by Gasteiger charge is -2.11. The third-order valence-corrected chi connectivity index (χ3v) is 10.3. The monoisotopic (exact) mass is 691 g/mol. The van der Waals surface area contributed by atoms with Crippen LogP contribution in [0.1, 0.15) is 0 Å². The first-order valence-corrected chi connectivity index (χ1v) is 18.0. The van der Waals surface area contributed by atoms with Crippen LogP contribution in [0.4, 0.5) is 0 Å². The number of para-hydroxylation sites is 1. The molecule has 0 radical (unpaired) electrons. The van der Waals surface area contributed by atoms with Gasteiger partial charge in [-0.2, -0.15) is 0 Å². The molecule has 0 bridgehead atoms. The van der Waals surface area contributed by atoms with Gasteiger partial charge in [0.2, 0.25) is 0 Å². The third-order valence-electron chi connectivity index (χ3n) is 10.3. The molecule has 0 aliphatic heterocycles. The van der Waals surface area contributed by atoms with Gasteiger partial charge in [-0.25, -0.2) is 15.0 Å². The number of hydrogen-bond donors (Lipinski definition) is 0. The minimum Gasteiger partial charge on any atom is -0.456 e. The highest BCUT2D eigenvalue weighted by Crippen LogP contribution is 2.43. The van der Waals surface area contributed by atoms with Gasteiger partial charge in [0.05, 0.1) is 0 Å². The van der Waals surface area contributed by atoms with Gasteiger partial charge in [0.15, 0.2) is 17.5 Å². The lowest BCUT2D eigenvalue weighted by molar-refractivity contribution is 0.668. The number of nitrogens with zero attached hydrogens (tertiary/aromatic N) is 3. The van der Waals surface area contributed by atoms with Crippen molar-refractivity contribution in [1.29, 1.82) is 0 Å². The molecule has 3 aromatic heterocycles. The number of furan rings is 2. The van der Waals surface area contributed by atoms with E-state index >= 15 is 0 Å².